The Kier molecular flexibility index (Phi) is 4.34. The maximum Gasteiger partial charge on any atom is 0.150 e. The molecule has 0 aromatic heterocycles. The molecule has 0 radical (unpaired) electrons. The van der Waals surface area contributed by atoms with Gasteiger partial charge in [-0.3, -0.25) is 0 Å². The maximum atomic E-state index is 14.5. The molecular formula is C17H16BrClFN. The summed E-state index contributed by atoms with van der Waals surface area (Å²) in [5.41, 5.74) is 4.06. The number of hydrogen-bond donors (Lipinski definition) is 1. The Morgan fingerprint density at radius 3 is 2.86 bits per heavy atom. The van der Waals surface area contributed by atoms with E-state index in [0.717, 1.165) is 24.9 Å². The van der Waals surface area contributed by atoms with Crippen molar-refractivity contribution in [2.24, 2.45) is 0 Å². The summed E-state index contributed by atoms with van der Waals surface area (Å²) in [6.45, 7) is 3.04. The van der Waals surface area contributed by atoms with E-state index in [1.54, 1.807) is 12.1 Å². The van der Waals surface area contributed by atoms with Crippen LogP contribution in [0.1, 0.15) is 30.5 Å². The maximum absolute atomic E-state index is 14.5. The smallest absolute Gasteiger partial charge is 0.150 e. The third-order valence-corrected chi connectivity index (χ3v) is 5.31. The summed E-state index contributed by atoms with van der Waals surface area (Å²) in [5.74, 6) is -0.355. The number of benzene rings is 2. The Hall–Kier alpha value is -0.900. The van der Waals surface area contributed by atoms with E-state index in [1.807, 2.05) is 12.1 Å². The summed E-state index contributed by atoms with van der Waals surface area (Å²) >= 11 is 9.29. The Labute approximate surface area is 137 Å². The summed E-state index contributed by atoms with van der Waals surface area (Å²) in [5, 5.41) is 3.63. The lowest BCUT2D eigenvalue weighted by Crippen LogP contribution is -2.18. The molecule has 0 heterocycles. The fourth-order valence-corrected chi connectivity index (χ4v) is 3.57. The van der Waals surface area contributed by atoms with Crippen LogP contribution in [-0.4, -0.2) is 6.54 Å². The molecule has 1 aliphatic carbocycles. The van der Waals surface area contributed by atoms with Gasteiger partial charge in [0, 0.05) is 16.1 Å². The molecule has 4 heteroatoms. The summed E-state index contributed by atoms with van der Waals surface area (Å²) in [6.07, 6.45) is 2.03. The molecular weight excluding hydrogens is 353 g/mol. The van der Waals surface area contributed by atoms with E-state index in [-0.39, 0.29) is 10.8 Å². The summed E-state index contributed by atoms with van der Waals surface area (Å²) < 4.78 is 15.1. The van der Waals surface area contributed by atoms with Gasteiger partial charge in [0.05, 0.1) is 5.02 Å². The van der Waals surface area contributed by atoms with Crippen molar-refractivity contribution in [2.75, 3.05) is 6.54 Å². The number of halogens is 3. The highest BCUT2D eigenvalue weighted by Gasteiger charge is 2.25. The van der Waals surface area contributed by atoms with Crippen molar-refractivity contribution in [1.29, 1.82) is 0 Å². The molecule has 1 nitrogen and oxygen atoms in total. The zero-order valence-electron chi connectivity index (χ0n) is 11.7. The molecule has 0 bridgehead atoms. The Bertz CT molecular complexity index is 687. The SMILES string of the molecule is CCNC1CCc2c(-c3ccc(Br)c(Cl)c3F)cccc21. The first-order valence-corrected chi connectivity index (χ1v) is 8.29. The molecule has 0 saturated heterocycles. The summed E-state index contributed by atoms with van der Waals surface area (Å²) in [4.78, 5) is 0. The van der Waals surface area contributed by atoms with E-state index in [2.05, 4.69) is 34.2 Å². The lowest BCUT2D eigenvalue weighted by Gasteiger charge is -2.14. The van der Waals surface area contributed by atoms with E-state index in [1.165, 1.54) is 11.1 Å². The zero-order valence-corrected chi connectivity index (χ0v) is 14.1. The molecule has 1 aliphatic rings. The fraction of sp³-hybridized carbons (Fsp3) is 0.294. The first-order valence-electron chi connectivity index (χ1n) is 7.12. The van der Waals surface area contributed by atoms with Crippen LogP contribution in [0.2, 0.25) is 5.02 Å². The number of rotatable bonds is 3. The average Bonchev–Trinajstić information content (AvgIpc) is 2.89. The second kappa shape index (κ2) is 6.07. The van der Waals surface area contributed by atoms with E-state index in [0.29, 0.717) is 16.1 Å². The fourth-order valence-electron chi connectivity index (χ4n) is 3.10. The first-order chi connectivity index (χ1) is 10.1. The van der Waals surface area contributed by atoms with Crippen molar-refractivity contribution >= 4 is 27.5 Å². The van der Waals surface area contributed by atoms with E-state index >= 15 is 0 Å². The highest BCUT2D eigenvalue weighted by atomic mass is 79.9. The molecule has 21 heavy (non-hydrogen) atoms. The van der Waals surface area contributed by atoms with Gasteiger partial charge in [-0.1, -0.05) is 42.8 Å². The van der Waals surface area contributed by atoms with E-state index in [9.17, 15) is 4.39 Å². The van der Waals surface area contributed by atoms with Crippen molar-refractivity contribution in [2.45, 2.75) is 25.8 Å². The van der Waals surface area contributed by atoms with Crippen molar-refractivity contribution in [1.82, 2.24) is 5.32 Å². The quantitative estimate of drug-likeness (QED) is 0.705. The van der Waals surface area contributed by atoms with Crippen LogP contribution in [0.25, 0.3) is 11.1 Å². The standard InChI is InChI=1S/C17H16BrClFN/c1-2-21-15-9-7-11-10(4-3-5-12(11)15)13-6-8-14(18)16(19)17(13)20/h3-6,8,15,21H,2,7,9H2,1H3. The van der Waals surface area contributed by atoms with Crippen molar-refractivity contribution < 1.29 is 4.39 Å². The second-order valence-corrected chi connectivity index (χ2v) is 6.48. The molecule has 0 aliphatic heterocycles. The lowest BCUT2D eigenvalue weighted by molar-refractivity contribution is 0.549. The molecule has 2 aromatic rings. The van der Waals surface area contributed by atoms with E-state index < -0.39 is 0 Å². The Balaban J connectivity index is 2.12. The highest BCUT2D eigenvalue weighted by Crippen LogP contribution is 2.40. The zero-order chi connectivity index (χ0) is 15.0. The molecule has 3 rings (SSSR count). The minimum Gasteiger partial charge on any atom is -0.310 e. The molecule has 2 aromatic carbocycles. The number of hydrogen-bond acceptors (Lipinski definition) is 1. The van der Waals surface area contributed by atoms with Crippen LogP contribution in [0.5, 0.6) is 0 Å². The van der Waals surface area contributed by atoms with Crippen LogP contribution in [0.3, 0.4) is 0 Å². The van der Waals surface area contributed by atoms with Gasteiger partial charge in [0.15, 0.2) is 5.82 Å². The van der Waals surface area contributed by atoms with Gasteiger partial charge in [-0.2, -0.15) is 0 Å². The van der Waals surface area contributed by atoms with Crippen molar-refractivity contribution in [3.8, 4) is 11.1 Å². The van der Waals surface area contributed by atoms with E-state index in [4.69, 9.17) is 11.6 Å². The molecule has 1 N–H and O–H groups in total. The first kappa shape index (κ1) is 15.0. The van der Waals surface area contributed by atoms with Crippen molar-refractivity contribution in [3.63, 3.8) is 0 Å². The van der Waals surface area contributed by atoms with Crippen LogP contribution in [0, 0.1) is 5.82 Å². The van der Waals surface area contributed by atoms with Crippen LogP contribution < -0.4 is 5.32 Å². The van der Waals surface area contributed by atoms with Crippen LogP contribution in [-0.2, 0) is 6.42 Å². The van der Waals surface area contributed by atoms with Crippen LogP contribution >= 0.6 is 27.5 Å². The van der Waals surface area contributed by atoms with Crippen molar-refractivity contribution in [3.05, 3.63) is 56.8 Å². The van der Waals surface area contributed by atoms with Gasteiger partial charge in [-0.15, -0.1) is 0 Å². The largest absolute Gasteiger partial charge is 0.310 e. The number of nitrogens with one attached hydrogen (secondary N) is 1. The molecule has 0 fully saturated rings. The number of fused-ring (bicyclic) bond motifs is 1. The Morgan fingerprint density at radius 2 is 2.10 bits per heavy atom. The van der Waals surface area contributed by atoms with Gasteiger partial charge >= 0.3 is 0 Å². The highest BCUT2D eigenvalue weighted by molar-refractivity contribution is 9.10. The monoisotopic (exact) mass is 367 g/mol. The van der Waals surface area contributed by atoms with Gasteiger partial charge in [0.1, 0.15) is 0 Å². The summed E-state index contributed by atoms with van der Waals surface area (Å²) in [6, 6.07) is 10.1. The van der Waals surface area contributed by atoms with Gasteiger partial charge < -0.3 is 5.32 Å². The topological polar surface area (TPSA) is 12.0 Å². The molecule has 0 saturated carbocycles. The van der Waals surface area contributed by atoms with Gasteiger partial charge in [-0.25, -0.2) is 4.39 Å². The minimum absolute atomic E-state index is 0.145. The molecule has 0 amide bonds. The predicted molar refractivity (Wildman–Crippen MR) is 89.3 cm³/mol. The van der Waals surface area contributed by atoms with Crippen LogP contribution in [0.4, 0.5) is 4.39 Å². The lowest BCUT2D eigenvalue weighted by atomic mass is 9.96. The van der Waals surface area contributed by atoms with Gasteiger partial charge in [0.25, 0.3) is 0 Å². The third kappa shape index (κ3) is 2.63. The molecule has 1 atom stereocenters. The third-order valence-electron chi connectivity index (χ3n) is 4.05. The summed E-state index contributed by atoms with van der Waals surface area (Å²) in [7, 11) is 0. The molecule has 0 spiro atoms. The minimum atomic E-state index is -0.355. The second-order valence-electron chi connectivity index (χ2n) is 5.25. The normalized spacial score (nSPS) is 17.0. The Morgan fingerprint density at radius 1 is 1.29 bits per heavy atom. The predicted octanol–water partition coefficient (Wildman–Crippen LogP) is 5.51. The van der Waals surface area contributed by atoms with Gasteiger partial charge in [-0.05, 0) is 58.1 Å². The molecule has 110 valence electrons. The van der Waals surface area contributed by atoms with Crippen LogP contribution in [0.15, 0.2) is 34.8 Å². The average molecular weight is 369 g/mol. The molecule has 1 unspecified atom stereocenters. The van der Waals surface area contributed by atoms with Gasteiger partial charge in [0.2, 0.25) is 0 Å².